The van der Waals surface area contributed by atoms with E-state index < -0.39 is 0 Å². The largest absolute Gasteiger partial charge is 0.376 e. The Labute approximate surface area is 142 Å². The molecule has 2 rings (SSSR count). The molecule has 1 N–H and O–H groups in total. The Morgan fingerprint density at radius 1 is 1.29 bits per heavy atom. The summed E-state index contributed by atoms with van der Waals surface area (Å²) in [6, 6.07) is 6.24. The van der Waals surface area contributed by atoms with Gasteiger partial charge in [0.15, 0.2) is 0 Å². The summed E-state index contributed by atoms with van der Waals surface area (Å²) in [5.41, 5.74) is 0.963. The van der Waals surface area contributed by atoms with Gasteiger partial charge >= 0.3 is 0 Å². The van der Waals surface area contributed by atoms with Crippen molar-refractivity contribution < 1.29 is 18.7 Å². The first-order chi connectivity index (χ1) is 11.5. The van der Waals surface area contributed by atoms with E-state index in [2.05, 4.69) is 5.32 Å². The summed E-state index contributed by atoms with van der Waals surface area (Å²) in [5, 5.41) is 2.86. The number of carbonyl (C=O) groups is 2. The minimum absolute atomic E-state index is 0.0657. The van der Waals surface area contributed by atoms with Crippen molar-refractivity contribution in [2.75, 3.05) is 26.2 Å². The molecule has 132 valence electrons. The van der Waals surface area contributed by atoms with Crippen molar-refractivity contribution in [3.63, 3.8) is 0 Å². The predicted molar refractivity (Wildman–Crippen MR) is 89.0 cm³/mol. The maximum Gasteiger partial charge on any atom is 0.221 e. The number of hydrogen-bond donors (Lipinski definition) is 1. The Bertz CT molecular complexity index is 542. The molecule has 1 atom stereocenters. The van der Waals surface area contributed by atoms with Crippen molar-refractivity contribution in [1.29, 1.82) is 0 Å². The number of hydrogen-bond acceptors (Lipinski definition) is 3. The summed E-state index contributed by atoms with van der Waals surface area (Å²) < 4.78 is 18.3. The van der Waals surface area contributed by atoms with Crippen molar-refractivity contribution in [2.45, 2.75) is 38.7 Å². The van der Waals surface area contributed by atoms with Gasteiger partial charge in [-0.25, -0.2) is 4.39 Å². The van der Waals surface area contributed by atoms with Gasteiger partial charge in [0, 0.05) is 39.6 Å². The summed E-state index contributed by atoms with van der Waals surface area (Å²) in [6.07, 6.45) is 3.06. The molecule has 0 radical (unpaired) electrons. The van der Waals surface area contributed by atoms with Crippen molar-refractivity contribution in [3.05, 3.63) is 35.6 Å². The monoisotopic (exact) mass is 336 g/mol. The molecule has 0 aliphatic carbocycles. The standard InChI is InChI=1S/C18H25FN2O3/c1-14(22)21(10-8-15-4-6-16(19)7-5-15)11-9-18(23)20-13-17-3-2-12-24-17/h4-7,17H,2-3,8-13H2,1H3,(H,20,23). The van der Waals surface area contributed by atoms with E-state index in [4.69, 9.17) is 4.74 Å². The highest BCUT2D eigenvalue weighted by atomic mass is 19.1. The minimum Gasteiger partial charge on any atom is -0.376 e. The number of halogens is 1. The van der Waals surface area contributed by atoms with Crippen LogP contribution in [0.15, 0.2) is 24.3 Å². The van der Waals surface area contributed by atoms with Crippen LogP contribution in [0.1, 0.15) is 31.7 Å². The molecule has 1 aromatic rings. The zero-order chi connectivity index (χ0) is 17.4. The lowest BCUT2D eigenvalue weighted by Crippen LogP contribution is -2.37. The molecule has 0 bridgehead atoms. The fraction of sp³-hybridized carbons (Fsp3) is 0.556. The molecular weight excluding hydrogens is 311 g/mol. The molecule has 1 saturated heterocycles. The molecule has 1 aromatic carbocycles. The number of nitrogens with one attached hydrogen (secondary N) is 1. The van der Waals surface area contributed by atoms with Gasteiger partial charge in [-0.15, -0.1) is 0 Å². The van der Waals surface area contributed by atoms with Gasteiger partial charge < -0.3 is 15.0 Å². The number of rotatable bonds is 8. The Morgan fingerprint density at radius 2 is 2.04 bits per heavy atom. The van der Waals surface area contributed by atoms with Crippen molar-refractivity contribution in [3.8, 4) is 0 Å². The molecule has 1 aliphatic rings. The van der Waals surface area contributed by atoms with Gasteiger partial charge in [-0.3, -0.25) is 9.59 Å². The van der Waals surface area contributed by atoms with Crippen LogP contribution in [-0.4, -0.2) is 49.1 Å². The van der Waals surface area contributed by atoms with Crippen LogP contribution in [0.25, 0.3) is 0 Å². The maximum atomic E-state index is 12.9. The Morgan fingerprint density at radius 3 is 2.67 bits per heavy atom. The molecule has 0 saturated carbocycles. The third kappa shape index (κ3) is 6.28. The molecule has 1 heterocycles. The van der Waals surface area contributed by atoms with E-state index in [1.54, 1.807) is 17.0 Å². The van der Waals surface area contributed by atoms with E-state index in [-0.39, 0.29) is 30.2 Å². The van der Waals surface area contributed by atoms with Crippen LogP contribution in [0, 0.1) is 5.82 Å². The van der Waals surface area contributed by atoms with Crippen LogP contribution < -0.4 is 5.32 Å². The highest BCUT2D eigenvalue weighted by Gasteiger charge is 2.17. The second kappa shape index (κ2) is 9.37. The molecule has 1 aliphatic heterocycles. The van der Waals surface area contributed by atoms with Gasteiger partial charge in [0.2, 0.25) is 11.8 Å². The van der Waals surface area contributed by atoms with Crippen molar-refractivity contribution in [2.24, 2.45) is 0 Å². The van der Waals surface area contributed by atoms with E-state index in [9.17, 15) is 14.0 Å². The van der Waals surface area contributed by atoms with Gasteiger partial charge in [0.1, 0.15) is 5.82 Å². The van der Waals surface area contributed by atoms with Crippen LogP contribution in [0.2, 0.25) is 0 Å². The third-order valence-corrected chi connectivity index (χ3v) is 4.19. The predicted octanol–water partition coefficient (Wildman–Crippen LogP) is 1.90. The molecule has 0 aromatic heterocycles. The van der Waals surface area contributed by atoms with Crippen LogP contribution in [0.5, 0.6) is 0 Å². The summed E-state index contributed by atoms with van der Waals surface area (Å²) >= 11 is 0. The molecule has 24 heavy (non-hydrogen) atoms. The average molecular weight is 336 g/mol. The fourth-order valence-electron chi connectivity index (χ4n) is 2.70. The van der Waals surface area contributed by atoms with Gasteiger partial charge in [-0.1, -0.05) is 12.1 Å². The summed E-state index contributed by atoms with van der Waals surface area (Å²) in [6.45, 7) is 3.69. The van der Waals surface area contributed by atoms with Gasteiger partial charge in [-0.05, 0) is 37.0 Å². The molecule has 6 heteroatoms. The Hall–Kier alpha value is -1.95. The van der Waals surface area contributed by atoms with E-state index in [1.165, 1.54) is 19.1 Å². The van der Waals surface area contributed by atoms with Gasteiger partial charge in [0.25, 0.3) is 0 Å². The van der Waals surface area contributed by atoms with E-state index in [0.717, 1.165) is 25.0 Å². The first-order valence-electron chi connectivity index (χ1n) is 8.43. The first-order valence-corrected chi connectivity index (χ1v) is 8.43. The minimum atomic E-state index is -0.273. The number of amides is 2. The van der Waals surface area contributed by atoms with E-state index >= 15 is 0 Å². The van der Waals surface area contributed by atoms with Gasteiger partial charge in [-0.2, -0.15) is 0 Å². The SMILES string of the molecule is CC(=O)N(CCC(=O)NCC1CCCO1)CCc1ccc(F)cc1. The number of nitrogens with zero attached hydrogens (tertiary/aromatic N) is 1. The zero-order valence-electron chi connectivity index (χ0n) is 14.1. The topological polar surface area (TPSA) is 58.6 Å². The normalized spacial score (nSPS) is 16.8. The summed E-state index contributed by atoms with van der Waals surface area (Å²) in [5.74, 6) is -0.410. The van der Waals surface area contributed by atoms with Crippen LogP contribution in [0.3, 0.4) is 0 Å². The molecule has 1 unspecified atom stereocenters. The van der Waals surface area contributed by atoms with Crippen LogP contribution in [0.4, 0.5) is 4.39 Å². The van der Waals surface area contributed by atoms with Crippen molar-refractivity contribution >= 4 is 11.8 Å². The Kier molecular flexibility index (Phi) is 7.18. The lowest BCUT2D eigenvalue weighted by molar-refractivity contribution is -0.129. The van der Waals surface area contributed by atoms with Crippen LogP contribution in [-0.2, 0) is 20.7 Å². The molecule has 5 nitrogen and oxygen atoms in total. The highest BCUT2D eigenvalue weighted by molar-refractivity contribution is 5.78. The summed E-state index contributed by atoms with van der Waals surface area (Å²) in [7, 11) is 0. The summed E-state index contributed by atoms with van der Waals surface area (Å²) in [4.78, 5) is 25.3. The Balaban J connectivity index is 1.70. The molecule has 1 fully saturated rings. The molecular formula is C18H25FN2O3. The lowest BCUT2D eigenvalue weighted by atomic mass is 10.1. The fourth-order valence-corrected chi connectivity index (χ4v) is 2.70. The molecule has 2 amide bonds. The molecule has 0 spiro atoms. The average Bonchev–Trinajstić information content (AvgIpc) is 3.07. The number of carbonyl (C=O) groups excluding carboxylic acids is 2. The maximum absolute atomic E-state index is 12.9. The van der Waals surface area contributed by atoms with E-state index in [0.29, 0.717) is 26.1 Å². The second-order valence-electron chi connectivity index (χ2n) is 6.07. The third-order valence-electron chi connectivity index (χ3n) is 4.19. The first kappa shape index (κ1) is 18.4. The van der Waals surface area contributed by atoms with Crippen molar-refractivity contribution in [1.82, 2.24) is 10.2 Å². The van der Waals surface area contributed by atoms with Gasteiger partial charge in [0.05, 0.1) is 6.10 Å². The quantitative estimate of drug-likeness (QED) is 0.789. The highest BCUT2D eigenvalue weighted by Crippen LogP contribution is 2.10. The second-order valence-corrected chi connectivity index (χ2v) is 6.07. The van der Waals surface area contributed by atoms with E-state index in [1.807, 2.05) is 0 Å². The number of benzene rings is 1. The zero-order valence-corrected chi connectivity index (χ0v) is 14.1. The number of ether oxygens (including phenoxy) is 1. The smallest absolute Gasteiger partial charge is 0.221 e. The van der Waals surface area contributed by atoms with Crippen LogP contribution >= 0.6 is 0 Å². The lowest BCUT2D eigenvalue weighted by Gasteiger charge is -2.21.